The van der Waals surface area contributed by atoms with Crippen molar-refractivity contribution < 1.29 is 9.72 Å². The number of nitro benzene ring substituents is 1. The molecular weight excluding hydrogens is 395 g/mol. The summed E-state index contributed by atoms with van der Waals surface area (Å²) in [5, 5.41) is 14.3. The Balaban J connectivity index is 2.71. The van der Waals surface area contributed by atoms with Crippen molar-refractivity contribution in [2.45, 2.75) is 79.1 Å². The molecule has 6 heteroatoms. The number of amides is 1. The Kier molecular flexibility index (Phi) is 12.8. The van der Waals surface area contributed by atoms with E-state index in [0.29, 0.717) is 24.1 Å². The van der Waals surface area contributed by atoms with Crippen LogP contribution in [0.3, 0.4) is 0 Å². The number of hydrogen-bond donors (Lipinski definition) is 1. The third-order valence-electron chi connectivity index (χ3n) is 6.28. The van der Waals surface area contributed by atoms with Crippen LogP contribution in [0.15, 0.2) is 18.2 Å². The number of aryl methyl sites for hydroxylation is 1. The summed E-state index contributed by atoms with van der Waals surface area (Å²) in [6, 6.07) is 4.81. The molecule has 1 N–H and O–H groups in total. The van der Waals surface area contributed by atoms with Gasteiger partial charge in [0, 0.05) is 0 Å². The predicted octanol–water partition coefficient (Wildman–Crippen LogP) is 6.43. The number of hydrogen-bond acceptors (Lipinski definition) is 3. The van der Waals surface area contributed by atoms with Crippen LogP contribution in [0, 0.1) is 10.1 Å². The van der Waals surface area contributed by atoms with Gasteiger partial charge in [0.1, 0.15) is 0 Å². The number of unbranched alkanes of at least 4 members (excludes halogenated alkanes) is 3. The quantitative estimate of drug-likeness (QED) is 0.140. The van der Waals surface area contributed by atoms with Crippen molar-refractivity contribution in [3.63, 3.8) is 0 Å². The van der Waals surface area contributed by atoms with Crippen LogP contribution in [0.5, 0.6) is 0 Å². The zero-order valence-corrected chi connectivity index (χ0v) is 20.6. The number of benzene rings is 1. The molecule has 172 valence electrons. The van der Waals surface area contributed by atoms with E-state index in [-0.39, 0.29) is 11.6 Å². The SMILES string of the molecule is CCCC[PH](CCCC)(CCCC)CCCNC(=O)c1ccc(CC)c([N+](=O)[O-])c1. The first-order chi connectivity index (χ1) is 14.4. The van der Waals surface area contributed by atoms with Gasteiger partial charge in [-0.2, -0.15) is 0 Å². The molecule has 0 saturated carbocycles. The molecule has 1 aromatic carbocycles. The Morgan fingerprint density at radius 2 is 1.47 bits per heavy atom. The molecule has 1 rings (SSSR count). The van der Waals surface area contributed by atoms with Gasteiger partial charge >= 0.3 is 184 Å². The molecule has 0 aromatic heterocycles. The van der Waals surface area contributed by atoms with E-state index in [9.17, 15) is 14.9 Å². The monoisotopic (exact) mass is 438 g/mol. The van der Waals surface area contributed by atoms with Crippen molar-refractivity contribution in [2.75, 3.05) is 31.2 Å². The zero-order valence-electron chi connectivity index (χ0n) is 19.6. The fraction of sp³-hybridized carbons (Fsp3) is 0.708. The molecule has 0 aliphatic rings. The van der Waals surface area contributed by atoms with Gasteiger partial charge in [0.05, 0.1) is 0 Å². The Bertz CT molecular complexity index is 642. The van der Waals surface area contributed by atoms with Crippen LogP contribution in [0.25, 0.3) is 0 Å². The third-order valence-corrected chi connectivity index (χ3v) is 11.9. The topological polar surface area (TPSA) is 72.2 Å². The van der Waals surface area contributed by atoms with Crippen LogP contribution in [0.4, 0.5) is 5.69 Å². The Morgan fingerprint density at radius 1 is 0.933 bits per heavy atom. The summed E-state index contributed by atoms with van der Waals surface area (Å²) in [7, 11) is -1.29. The third kappa shape index (κ3) is 8.71. The summed E-state index contributed by atoms with van der Waals surface area (Å²) in [5.74, 6) is -0.205. The summed E-state index contributed by atoms with van der Waals surface area (Å²) in [6.45, 7) is 9.38. The molecule has 0 unspecified atom stereocenters. The zero-order chi connectivity index (χ0) is 22.4. The van der Waals surface area contributed by atoms with Gasteiger partial charge in [-0.15, -0.1) is 0 Å². The van der Waals surface area contributed by atoms with Crippen molar-refractivity contribution >= 4 is 18.9 Å². The molecule has 0 aliphatic heterocycles. The van der Waals surface area contributed by atoms with Gasteiger partial charge in [-0.05, 0) is 0 Å². The summed E-state index contributed by atoms with van der Waals surface area (Å²) in [4.78, 5) is 23.4. The average molecular weight is 439 g/mol. The van der Waals surface area contributed by atoms with Crippen LogP contribution in [-0.4, -0.2) is 42.0 Å². The van der Waals surface area contributed by atoms with Crippen molar-refractivity contribution in [2.24, 2.45) is 0 Å². The summed E-state index contributed by atoms with van der Waals surface area (Å²) < 4.78 is 0. The minimum absolute atomic E-state index is 0.0373. The molecule has 0 heterocycles. The number of nitro groups is 1. The summed E-state index contributed by atoms with van der Waals surface area (Å²) >= 11 is 0. The molecule has 0 saturated heterocycles. The first kappa shape index (κ1) is 26.6. The second-order valence-electron chi connectivity index (χ2n) is 8.62. The van der Waals surface area contributed by atoms with Crippen molar-refractivity contribution in [1.29, 1.82) is 0 Å². The molecule has 0 aliphatic carbocycles. The Labute approximate surface area is 183 Å². The van der Waals surface area contributed by atoms with Gasteiger partial charge in [-0.25, -0.2) is 0 Å². The van der Waals surface area contributed by atoms with Crippen molar-refractivity contribution in [3.05, 3.63) is 39.4 Å². The van der Waals surface area contributed by atoms with E-state index in [1.54, 1.807) is 12.1 Å². The van der Waals surface area contributed by atoms with Gasteiger partial charge < -0.3 is 0 Å². The first-order valence-corrected chi connectivity index (χ1v) is 14.8. The van der Waals surface area contributed by atoms with Gasteiger partial charge in [-0.1, -0.05) is 0 Å². The maximum atomic E-state index is 12.5. The van der Waals surface area contributed by atoms with E-state index in [1.807, 2.05) is 6.92 Å². The number of carbonyl (C=O) groups is 1. The van der Waals surface area contributed by atoms with Crippen LogP contribution < -0.4 is 5.32 Å². The molecular formula is C24H43N2O3P. The van der Waals surface area contributed by atoms with Gasteiger partial charge in [0.25, 0.3) is 0 Å². The van der Waals surface area contributed by atoms with Gasteiger partial charge in [0.15, 0.2) is 0 Å². The first-order valence-electron chi connectivity index (χ1n) is 12.0. The molecule has 0 fully saturated rings. The van der Waals surface area contributed by atoms with E-state index >= 15 is 0 Å². The standard InChI is InChI=1S/C24H43N2O3P/c1-5-9-16-30(17-10-6-2,18-11-7-3)19-12-15-25-24(27)22-14-13-21(8-4)23(20-22)26(28)29/h13-14,20,30H,5-12,15-19H2,1-4H3,(H,25,27). The van der Waals surface area contributed by atoms with E-state index in [2.05, 4.69) is 26.1 Å². The van der Waals surface area contributed by atoms with E-state index in [0.717, 1.165) is 6.42 Å². The van der Waals surface area contributed by atoms with E-state index in [1.165, 1.54) is 69.2 Å². The summed E-state index contributed by atoms with van der Waals surface area (Å²) in [5.41, 5.74) is 1.08. The molecule has 0 bridgehead atoms. The van der Waals surface area contributed by atoms with Crippen LogP contribution in [0.1, 0.15) is 88.6 Å². The minimum atomic E-state index is -1.29. The van der Waals surface area contributed by atoms with Crippen molar-refractivity contribution in [1.82, 2.24) is 5.32 Å². The number of nitrogens with zero attached hydrogens (tertiary/aromatic N) is 1. The molecule has 30 heavy (non-hydrogen) atoms. The maximum absolute atomic E-state index is 12.5. The van der Waals surface area contributed by atoms with E-state index < -0.39 is 12.2 Å². The van der Waals surface area contributed by atoms with Crippen LogP contribution in [0.2, 0.25) is 0 Å². The molecule has 5 nitrogen and oxygen atoms in total. The number of nitrogens with one attached hydrogen (secondary N) is 1. The van der Waals surface area contributed by atoms with Crippen molar-refractivity contribution in [3.8, 4) is 0 Å². The second kappa shape index (κ2) is 14.5. The molecule has 1 aromatic rings. The fourth-order valence-electron chi connectivity index (χ4n) is 4.35. The predicted molar refractivity (Wildman–Crippen MR) is 132 cm³/mol. The average Bonchev–Trinajstić information content (AvgIpc) is 2.76. The molecule has 0 spiro atoms. The molecule has 0 atom stereocenters. The van der Waals surface area contributed by atoms with Gasteiger partial charge in [0.2, 0.25) is 0 Å². The number of rotatable bonds is 16. The molecule has 0 radical (unpaired) electrons. The Morgan fingerprint density at radius 3 is 1.93 bits per heavy atom. The fourth-order valence-corrected chi connectivity index (χ4v) is 10.1. The Hall–Kier alpha value is -1.48. The summed E-state index contributed by atoms with van der Waals surface area (Å²) in [6.07, 6.45) is 14.9. The van der Waals surface area contributed by atoms with Crippen LogP contribution >= 0.6 is 7.26 Å². The second-order valence-corrected chi connectivity index (χ2v) is 13.6. The van der Waals surface area contributed by atoms with Gasteiger partial charge in [-0.3, -0.25) is 0 Å². The normalized spacial score (nSPS) is 12.0. The van der Waals surface area contributed by atoms with Crippen LogP contribution in [-0.2, 0) is 6.42 Å². The number of carbonyl (C=O) groups excluding carboxylic acids is 1. The van der Waals surface area contributed by atoms with E-state index in [4.69, 9.17) is 0 Å². The molecule has 1 amide bonds.